The van der Waals surface area contributed by atoms with Crippen molar-refractivity contribution >= 4 is 145 Å². The molecule has 60 heavy (non-hydrogen) atoms. The predicted octanol–water partition coefficient (Wildman–Crippen LogP) is 9.02. The molecule has 6 N–H and O–H groups in total. The first-order valence-corrected chi connectivity index (χ1v) is 23.2. The van der Waals surface area contributed by atoms with Gasteiger partial charge in [0, 0.05) is 21.4 Å². The summed E-state index contributed by atoms with van der Waals surface area (Å²) in [6.07, 6.45) is -1.35. The number of aliphatic carboxylic acids is 2. The zero-order valence-corrected chi connectivity index (χ0v) is 38.9. The van der Waals surface area contributed by atoms with Gasteiger partial charge in [-0.25, -0.2) is 16.8 Å². The summed E-state index contributed by atoms with van der Waals surface area (Å²) in [6.45, 7) is 3.10. The number of carboxylic acids is 2. The van der Waals surface area contributed by atoms with E-state index < -0.39 is 56.6 Å². The average molecular weight is 1080 g/mol. The quantitative estimate of drug-likeness (QED) is 0.0512. The Bertz CT molecular complexity index is 2280. The molecule has 0 spiro atoms. The number of amides is 2. The van der Waals surface area contributed by atoms with Crippen LogP contribution in [0.3, 0.4) is 0 Å². The van der Waals surface area contributed by atoms with Gasteiger partial charge in [-0.2, -0.15) is 0 Å². The molecule has 4 rings (SSSR count). The van der Waals surface area contributed by atoms with Crippen LogP contribution in [0.5, 0.6) is 11.5 Å². The van der Waals surface area contributed by atoms with Crippen LogP contribution in [-0.2, 0) is 52.4 Å². The van der Waals surface area contributed by atoms with Gasteiger partial charge in [0.15, 0.2) is 5.75 Å². The van der Waals surface area contributed by atoms with Gasteiger partial charge in [0.25, 0.3) is 0 Å². The maximum atomic E-state index is 11.8. The molecule has 0 fully saturated rings. The fraction of sp³-hybridized carbons (Fsp3) is 0.222. The SMILES string of the molecule is CCS(=O)(=O)Nc1cc(Cl)cc(COc2c(Br)cc(NC(=O)CC(=O)O)cc2Br)c1.CCS(=O)(=O)Nc1cc(Cl)cc(COc2c(Cl)cc(NC(=O)CC(=O)O)cc2Cl)c1. The third-order valence-electron chi connectivity index (χ3n) is 7.18. The molecule has 0 radical (unpaired) electrons. The highest BCUT2D eigenvalue weighted by atomic mass is 79.9. The summed E-state index contributed by atoms with van der Waals surface area (Å²) in [5.74, 6) is -3.49. The molecular weight excluding hydrogens is 1050 g/mol. The van der Waals surface area contributed by atoms with Gasteiger partial charge in [-0.3, -0.25) is 28.6 Å². The molecule has 0 heterocycles. The fourth-order valence-electron chi connectivity index (χ4n) is 4.62. The van der Waals surface area contributed by atoms with E-state index >= 15 is 0 Å². The van der Waals surface area contributed by atoms with Crippen molar-refractivity contribution in [3.05, 3.63) is 101 Å². The number of carbonyl (C=O) groups is 4. The maximum Gasteiger partial charge on any atom is 0.312 e. The number of sulfonamides is 2. The largest absolute Gasteiger partial charge is 0.487 e. The normalized spacial score (nSPS) is 11.1. The van der Waals surface area contributed by atoms with E-state index in [0.717, 1.165) is 0 Å². The summed E-state index contributed by atoms with van der Waals surface area (Å²) in [5.41, 5.74) is 2.40. The minimum absolute atomic E-state index is 0.0222. The van der Waals surface area contributed by atoms with Gasteiger partial charge in [0.05, 0.1) is 41.9 Å². The van der Waals surface area contributed by atoms with Crippen molar-refractivity contribution in [1.29, 1.82) is 0 Å². The van der Waals surface area contributed by atoms with Crippen LogP contribution in [0.2, 0.25) is 20.1 Å². The van der Waals surface area contributed by atoms with E-state index in [-0.39, 0.29) is 51.9 Å². The van der Waals surface area contributed by atoms with E-state index in [2.05, 4.69) is 51.9 Å². The van der Waals surface area contributed by atoms with Crippen LogP contribution < -0.4 is 29.6 Å². The monoisotopic (exact) mass is 1080 g/mol. The number of halogens is 6. The van der Waals surface area contributed by atoms with Crippen molar-refractivity contribution in [3.63, 3.8) is 0 Å². The Morgan fingerprint density at radius 2 is 0.933 bits per heavy atom. The molecule has 0 aliphatic carbocycles. The third-order valence-corrected chi connectivity index (χ3v) is 12.0. The summed E-state index contributed by atoms with van der Waals surface area (Å²) < 4.78 is 64.3. The highest BCUT2D eigenvalue weighted by Gasteiger charge is 2.17. The van der Waals surface area contributed by atoms with E-state index in [9.17, 15) is 36.0 Å². The Hall–Kier alpha value is -4.02. The van der Waals surface area contributed by atoms with Crippen molar-refractivity contribution < 1.29 is 55.7 Å². The van der Waals surface area contributed by atoms with Gasteiger partial charge in [0.2, 0.25) is 31.9 Å². The van der Waals surface area contributed by atoms with E-state index in [1.165, 1.54) is 38.1 Å². The number of hydrogen-bond acceptors (Lipinski definition) is 10. The van der Waals surface area contributed by atoms with Crippen LogP contribution in [0.1, 0.15) is 37.8 Å². The first-order valence-electron chi connectivity index (χ1n) is 16.8. The summed E-state index contributed by atoms with van der Waals surface area (Å²) in [7, 11) is -6.92. The topological polar surface area (TPSA) is 244 Å². The zero-order chi connectivity index (χ0) is 44.9. The highest BCUT2D eigenvalue weighted by Crippen LogP contribution is 2.38. The van der Waals surface area contributed by atoms with Gasteiger partial charge in [-0.15, -0.1) is 0 Å². The van der Waals surface area contributed by atoms with Crippen molar-refractivity contribution in [3.8, 4) is 11.5 Å². The van der Waals surface area contributed by atoms with Crippen LogP contribution in [0, 0.1) is 0 Å². The smallest absolute Gasteiger partial charge is 0.312 e. The molecule has 0 unspecified atom stereocenters. The molecule has 324 valence electrons. The summed E-state index contributed by atoms with van der Waals surface area (Å²) in [5, 5.41) is 23.0. The second kappa shape index (κ2) is 22.7. The minimum Gasteiger partial charge on any atom is -0.487 e. The van der Waals surface area contributed by atoms with Crippen LogP contribution in [0.25, 0.3) is 0 Å². The number of anilines is 4. The zero-order valence-electron chi connectivity index (χ0n) is 31.1. The Labute approximate surface area is 381 Å². The summed E-state index contributed by atoms with van der Waals surface area (Å²) in [4.78, 5) is 44.3. The standard InChI is InChI=1S/C18H17Br2ClN2O6S.C18H17Cl3N2O6S/c1-2-30(27,28)23-13-4-10(3-11(21)5-13)9-29-18-14(19)6-12(7-15(18)20)22-16(24)8-17(25)26;1-2-30(27,28)23-13-4-10(3-11(19)5-13)9-29-18-14(20)6-12(7-15(18)21)22-16(24)8-17(25)26/h2*3-7,23H,2,8-9H2,1H3,(H,22,24)(H,25,26). The lowest BCUT2D eigenvalue weighted by Gasteiger charge is -2.14. The van der Waals surface area contributed by atoms with E-state index in [0.29, 0.717) is 47.2 Å². The molecule has 0 saturated carbocycles. The molecule has 24 heteroatoms. The lowest BCUT2D eigenvalue weighted by molar-refractivity contribution is -0.141. The Morgan fingerprint density at radius 3 is 1.30 bits per heavy atom. The molecule has 0 aliphatic rings. The number of nitrogens with one attached hydrogen (secondary N) is 4. The lowest BCUT2D eigenvalue weighted by Crippen LogP contribution is -2.16. The van der Waals surface area contributed by atoms with Crippen molar-refractivity contribution in [2.45, 2.75) is 39.9 Å². The molecule has 0 bridgehead atoms. The summed E-state index contributed by atoms with van der Waals surface area (Å²) >= 11 is 31.2. The third kappa shape index (κ3) is 17.2. The molecule has 2 amide bonds. The molecule has 4 aromatic carbocycles. The maximum absolute atomic E-state index is 11.8. The number of hydrogen-bond donors (Lipinski definition) is 6. The summed E-state index contributed by atoms with van der Waals surface area (Å²) in [6, 6.07) is 15.2. The van der Waals surface area contributed by atoms with Crippen molar-refractivity contribution in [2.24, 2.45) is 0 Å². The first kappa shape index (κ1) is 50.3. The average Bonchev–Trinajstić information content (AvgIpc) is 3.09. The van der Waals surface area contributed by atoms with Gasteiger partial charge >= 0.3 is 11.9 Å². The molecule has 0 aliphatic heterocycles. The molecule has 0 atom stereocenters. The second-order valence-corrected chi connectivity index (χ2v) is 19.5. The molecule has 4 aromatic rings. The minimum atomic E-state index is -3.47. The predicted molar refractivity (Wildman–Crippen MR) is 238 cm³/mol. The molecule has 0 saturated heterocycles. The number of benzene rings is 4. The number of carbonyl (C=O) groups excluding carboxylic acids is 2. The van der Waals surface area contributed by atoms with Crippen LogP contribution in [-0.4, -0.2) is 62.3 Å². The van der Waals surface area contributed by atoms with Crippen molar-refractivity contribution in [1.82, 2.24) is 0 Å². The van der Waals surface area contributed by atoms with E-state index in [1.54, 1.807) is 36.4 Å². The highest BCUT2D eigenvalue weighted by molar-refractivity contribution is 9.11. The van der Waals surface area contributed by atoms with Gasteiger partial charge < -0.3 is 30.3 Å². The van der Waals surface area contributed by atoms with Gasteiger partial charge in [-0.05, 0) is 117 Å². The Morgan fingerprint density at radius 1 is 0.567 bits per heavy atom. The Kier molecular flexibility index (Phi) is 19.1. The number of rotatable bonds is 18. The van der Waals surface area contributed by atoms with Crippen LogP contribution in [0.4, 0.5) is 22.7 Å². The number of ether oxygens (including phenoxy) is 2. The van der Waals surface area contributed by atoms with Crippen molar-refractivity contribution in [2.75, 3.05) is 31.6 Å². The first-order chi connectivity index (χ1) is 28.0. The van der Waals surface area contributed by atoms with E-state index in [1.807, 2.05) is 0 Å². The van der Waals surface area contributed by atoms with Gasteiger partial charge in [-0.1, -0.05) is 46.4 Å². The van der Waals surface area contributed by atoms with Crippen LogP contribution in [0.15, 0.2) is 69.6 Å². The Balaban J connectivity index is 0.000000320. The molecule has 0 aromatic heterocycles. The van der Waals surface area contributed by atoms with E-state index in [4.69, 9.17) is 66.1 Å². The molecular formula is C36H34Br2Cl4N4O12S2. The lowest BCUT2D eigenvalue weighted by atomic mass is 10.2. The van der Waals surface area contributed by atoms with Gasteiger partial charge in [0.1, 0.15) is 31.8 Å². The van der Waals surface area contributed by atoms with Crippen LogP contribution >= 0.6 is 78.3 Å². The molecule has 16 nitrogen and oxygen atoms in total. The fourth-order valence-corrected chi connectivity index (χ4v) is 8.39. The number of carboxylic acid groups (broad SMARTS) is 2. The second-order valence-electron chi connectivity index (χ2n) is 12.1.